The second kappa shape index (κ2) is 6.57. The van der Waals surface area contributed by atoms with Gasteiger partial charge in [-0.1, -0.05) is 12.1 Å². The normalized spacial score (nSPS) is 14.1. The third-order valence-corrected chi connectivity index (χ3v) is 3.52. The van der Waals surface area contributed by atoms with Crippen LogP contribution in [0.15, 0.2) is 18.2 Å². The van der Waals surface area contributed by atoms with E-state index in [4.69, 9.17) is 4.74 Å². The summed E-state index contributed by atoms with van der Waals surface area (Å²) in [7, 11) is 3.73. The second-order valence-electron chi connectivity index (χ2n) is 5.01. The Morgan fingerprint density at radius 2 is 2.32 bits per heavy atom. The fraction of sp³-hybridized carbons (Fsp3) is 0.533. The van der Waals surface area contributed by atoms with Crippen molar-refractivity contribution < 1.29 is 9.53 Å². The SMILES string of the molecule is COCCC(=O)NCc1ccc2c(c1)CCCN2C. The van der Waals surface area contributed by atoms with Crippen molar-refractivity contribution in [2.75, 3.05) is 32.2 Å². The van der Waals surface area contributed by atoms with Crippen LogP contribution >= 0.6 is 0 Å². The van der Waals surface area contributed by atoms with Crippen molar-refractivity contribution in [1.82, 2.24) is 5.32 Å². The molecule has 0 radical (unpaired) electrons. The molecule has 0 saturated heterocycles. The van der Waals surface area contributed by atoms with Crippen molar-refractivity contribution >= 4 is 11.6 Å². The van der Waals surface area contributed by atoms with Crippen LogP contribution in [-0.2, 0) is 22.5 Å². The third-order valence-electron chi connectivity index (χ3n) is 3.52. The van der Waals surface area contributed by atoms with Gasteiger partial charge in [-0.05, 0) is 30.0 Å². The van der Waals surface area contributed by atoms with Crippen molar-refractivity contribution in [3.8, 4) is 0 Å². The summed E-state index contributed by atoms with van der Waals surface area (Å²) < 4.78 is 4.88. The average molecular weight is 262 g/mol. The minimum absolute atomic E-state index is 0.0386. The molecule has 1 aliphatic heterocycles. The summed E-state index contributed by atoms with van der Waals surface area (Å²) in [6, 6.07) is 6.46. The van der Waals surface area contributed by atoms with Gasteiger partial charge < -0.3 is 15.0 Å². The largest absolute Gasteiger partial charge is 0.384 e. The maximum Gasteiger partial charge on any atom is 0.222 e. The number of methoxy groups -OCH3 is 1. The fourth-order valence-electron chi connectivity index (χ4n) is 2.43. The number of carbonyl (C=O) groups excluding carboxylic acids is 1. The lowest BCUT2D eigenvalue weighted by Gasteiger charge is -2.27. The predicted octanol–water partition coefficient (Wildman–Crippen LogP) is 1.72. The molecule has 1 N–H and O–H groups in total. The van der Waals surface area contributed by atoms with E-state index in [1.54, 1.807) is 7.11 Å². The summed E-state index contributed by atoms with van der Waals surface area (Å²) in [4.78, 5) is 13.8. The molecule has 1 aliphatic rings. The summed E-state index contributed by atoms with van der Waals surface area (Å²) >= 11 is 0. The van der Waals surface area contributed by atoms with Gasteiger partial charge in [-0.3, -0.25) is 4.79 Å². The van der Waals surface area contributed by atoms with Gasteiger partial charge in [-0.2, -0.15) is 0 Å². The quantitative estimate of drug-likeness (QED) is 0.878. The molecule has 0 aliphatic carbocycles. The van der Waals surface area contributed by atoms with Crippen LogP contribution in [0.3, 0.4) is 0 Å². The molecule has 1 aromatic carbocycles. The molecular weight excluding hydrogens is 240 g/mol. The zero-order chi connectivity index (χ0) is 13.7. The van der Waals surface area contributed by atoms with Gasteiger partial charge in [0.2, 0.25) is 5.91 Å². The number of hydrogen-bond acceptors (Lipinski definition) is 3. The minimum Gasteiger partial charge on any atom is -0.384 e. The molecule has 0 saturated carbocycles. The highest BCUT2D eigenvalue weighted by atomic mass is 16.5. The number of anilines is 1. The molecule has 4 heteroatoms. The van der Waals surface area contributed by atoms with Gasteiger partial charge in [0.1, 0.15) is 0 Å². The number of fused-ring (bicyclic) bond motifs is 1. The van der Waals surface area contributed by atoms with Gasteiger partial charge in [0.25, 0.3) is 0 Å². The number of aryl methyl sites for hydroxylation is 1. The Morgan fingerprint density at radius 3 is 3.11 bits per heavy atom. The zero-order valence-corrected chi connectivity index (χ0v) is 11.7. The van der Waals surface area contributed by atoms with E-state index < -0.39 is 0 Å². The topological polar surface area (TPSA) is 41.6 Å². The van der Waals surface area contributed by atoms with E-state index in [1.165, 1.54) is 23.2 Å². The first-order valence-electron chi connectivity index (χ1n) is 6.79. The number of rotatable bonds is 5. The van der Waals surface area contributed by atoms with Crippen molar-refractivity contribution in [2.45, 2.75) is 25.8 Å². The Kier molecular flexibility index (Phi) is 4.80. The standard InChI is InChI=1S/C15H22N2O2/c1-17-8-3-4-13-10-12(5-6-14(13)17)11-16-15(18)7-9-19-2/h5-6,10H,3-4,7-9,11H2,1-2H3,(H,16,18). The van der Waals surface area contributed by atoms with Crippen molar-refractivity contribution in [1.29, 1.82) is 0 Å². The lowest BCUT2D eigenvalue weighted by molar-refractivity contribution is -0.122. The molecule has 0 bridgehead atoms. The summed E-state index contributed by atoms with van der Waals surface area (Å²) in [5.74, 6) is 0.0386. The molecule has 104 valence electrons. The molecule has 0 spiro atoms. The molecule has 19 heavy (non-hydrogen) atoms. The maximum atomic E-state index is 11.5. The summed E-state index contributed by atoms with van der Waals surface area (Å²) in [6.07, 6.45) is 2.75. The van der Waals surface area contributed by atoms with E-state index in [0.29, 0.717) is 19.6 Å². The van der Waals surface area contributed by atoms with Crippen LogP contribution in [0.1, 0.15) is 24.0 Å². The van der Waals surface area contributed by atoms with E-state index in [1.807, 2.05) is 0 Å². The molecule has 1 heterocycles. The van der Waals surface area contributed by atoms with Crippen LogP contribution in [0.2, 0.25) is 0 Å². The maximum absolute atomic E-state index is 11.5. The van der Waals surface area contributed by atoms with Crippen molar-refractivity contribution in [2.24, 2.45) is 0 Å². The summed E-state index contributed by atoms with van der Waals surface area (Å²) in [5, 5.41) is 2.92. The van der Waals surface area contributed by atoms with E-state index in [2.05, 4.69) is 35.5 Å². The molecule has 1 amide bonds. The summed E-state index contributed by atoms with van der Waals surface area (Å²) in [6.45, 7) is 2.19. The van der Waals surface area contributed by atoms with E-state index in [0.717, 1.165) is 13.0 Å². The highest BCUT2D eigenvalue weighted by Gasteiger charge is 2.13. The van der Waals surface area contributed by atoms with Crippen LogP contribution in [0.25, 0.3) is 0 Å². The van der Waals surface area contributed by atoms with Crippen molar-refractivity contribution in [3.63, 3.8) is 0 Å². The van der Waals surface area contributed by atoms with Gasteiger partial charge in [0.05, 0.1) is 6.61 Å². The highest BCUT2D eigenvalue weighted by Crippen LogP contribution is 2.26. The molecule has 0 unspecified atom stereocenters. The van der Waals surface area contributed by atoms with Crippen LogP contribution in [-0.4, -0.2) is 33.2 Å². The van der Waals surface area contributed by atoms with Crippen molar-refractivity contribution in [3.05, 3.63) is 29.3 Å². The first-order valence-corrected chi connectivity index (χ1v) is 6.79. The monoisotopic (exact) mass is 262 g/mol. The highest BCUT2D eigenvalue weighted by molar-refractivity contribution is 5.76. The lowest BCUT2D eigenvalue weighted by Crippen LogP contribution is -2.26. The van der Waals surface area contributed by atoms with Gasteiger partial charge in [0.15, 0.2) is 0 Å². The molecule has 4 nitrogen and oxygen atoms in total. The molecule has 0 fully saturated rings. The number of benzene rings is 1. The van der Waals surface area contributed by atoms with E-state index in [-0.39, 0.29) is 5.91 Å². The summed E-state index contributed by atoms with van der Waals surface area (Å²) in [5.41, 5.74) is 3.87. The Hall–Kier alpha value is -1.55. The van der Waals surface area contributed by atoms with E-state index >= 15 is 0 Å². The number of nitrogens with zero attached hydrogens (tertiary/aromatic N) is 1. The van der Waals surface area contributed by atoms with Gasteiger partial charge in [-0.25, -0.2) is 0 Å². The fourth-order valence-corrected chi connectivity index (χ4v) is 2.43. The second-order valence-corrected chi connectivity index (χ2v) is 5.01. The minimum atomic E-state index is 0.0386. The molecular formula is C15H22N2O2. The average Bonchev–Trinajstić information content (AvgIpc) is 2.43. The van der Waals surface area contributed by atoms with Gasteiger partial charge in [-0.15, -0.1) is 0 Å². The predicted molar refractivity (Wildman–Crippen MR) is 76.4 cm³/mol. The molecule has 0 atom stereocenters. The Bertz CT molecular complexity index is 446. The first-order chi connectivity index (χ1) is 9.20. The van der Waals surface area contributed by atoms with Crippen LogP contribution in [0, 0.1) is 0 Å². The molecule has 1 aromatic rings. The number of nitrogens with one attached hydrogen (secondary N) is 1. The number of hydrogen-bond donors (Lipinski definition) is 1. The lowest BCUT2D eigenvalue weighted by atomic mass is 9.99. The smallest absolute Gasteiger partial charge is 0.222 e. The number of carbonyl (C=O) groups is 1. The Morgan fingerprint density at radius 1 is 1.47 bits per heavy atom. The molecule has 2 rings (SSSR count). The first kappa shape index (κ1) is 13.9. The third kappa shape index (κ3) is 3.70. The van der Waals surface area contributed by atoms with Gasteiger partial charge >= 0.3 is 0 Å². The Balaban J connectivity index is 1.93. The molecule has 0 aromatic heterocycles. The number of ether oxygens (including phenoxy) is 1. The Labute approximate surface area is 114 Å². The zero-order valence-electron chi connectivity index (χ0n) is 11.7. The van der Waals surface area contributed by atoms with E-state index in [9.17, 15) is 4.79 Å². The van der Waals surface area contributed by atoms with Gasteiger partial charge in [0, 0.05) is 39.4 Å². The van der Waals surface area contributed by atoms with Crippen LogP contribution in [0.4, 0.5) is 5.69 Å². The van der Waals surface area contributed by atoms with Crippen LogP contribution < -0.4 is 10.2 Å². The number of amides is 1. The van der Waals surface area contributed by atoms with Crippen LogP contribution in [0.5, 0.6) is 0 Å².